The Morgan fingerprint density at radius 1 is 1.10 bits per heavy atom. The number of carbonyl (C=O) groups excluding carboxylic acids is 2. The lowest BCUT2D eigenvalue weighted by Crippen LogP contribution is -2.51. The maximum atomic E-state index is 12.5. The summed E-state index contributed by atoms with van der Waals surface area (Å²) in [5.74, 6) is -0.369. The van der Waals surface area contributed by atoms with E-state index in [9.17, 15) is 18.0 Å². The molecule has 0 spiro atoms. The Balaban J connectivity index is 1.43. The van der Waals surface area contributed by atoms with Gasteiger partial charge in [-0.25, -0.2) is 8.42 Å². The van der Waals surface area contributed by atoms with Crippen LogP contribution in [0.4, 0.5) is 0 Å². The summed E-state index contributed by atoms with van der Waals surface area (Å²) in [5, 5.41) is 2.67. The van der Waals surface area contributed by atoms with E-state index < -0.39 is 10.0 Å². The number of benzene rings is 1. The minimum absolute atomic E-state index is 0.0541. The van der Waals surface area contributed by atoms with Gasteiger partial charge in [0.1, 0.15) is 0 Å². The molecule has 156 valence electrons. The monoisotopic (exact) mass is 419 g/mol. The van der Waals surface area contributed by atoms with E-state index >= 15 is 0 Å². The summed E-state index contributed by atoms with van der Waals surface area (Å²) in [7, 11) is -3.50. The first-order valence-corrected chi connectivity index (χ1v) is 11.1. The summed E-state index contributed by atoms with van der Waals surface area (Å²) in [5.41, 5.74) is 1.96. The second-order valence-corrected chi connectivity index (χ2v) is 9.09. The molecular formula is C20H25N3O5S. The summed E-state index contributed by atoms with van der Waals surface area (Å²) in [6.45, 7) is 3.07. The predicted molar refractivity (Wildman–Crippen MR) is 108 cm³/mol. The average molecular weight is 420 g/mol. The zero-order chi connectivity index (χ0) is 20.9. The van der Waals surface area contributed by atoms with Gasteiger partial charge in [0.25, 0.3) is 5.91 Å². The molecule has 1 aliphatic rings. The smallest absolute Gasteiger partial charge is 0.289 e. The fraction of sp³-hybridized carbons (Fsp3) is 0.400. The molecule has 0 saturated carbocycles. The molecule has 1 aliphatic heterocycles. The van der Waals surface area contributed by atoms with Crippen LogP contribution in [0.5, 0.6) is 0 Å². The summed E-state index contributed by atoms with van der Waals surface area (Å²) in [4.78, 5) is 25.9. The van der Waals surface area contributed by atoms with E-state index in [0.717, 1.165) is 11.1 Å². The number of rotatable bonds is 7. The van der Waals surface area contributed by atoms with Crippen molar-refractivity contribution >= 4 is 21.8 Å². The van der Waals surface area contributed by atoms with Gasteiger partial charge in [-0.3, -0.25) is 9.59 Å². The second kappa shape index (κ2) is 9.23. The molecule has 1 aromatic carbocycles. The number of piperazine rings is 1. The van der Waals surface area contributed by atoms with Crippen molar-refractivity contribution in [1.82, 2.24) is 14.5 Å². The Hall–Kier alpha value is -2.65. The van der Waals surface area contributed by atoms with Gasteiger partial charge in [0.15, 0.2) is 5.76 Å². The maximum absolute atomic E-state index is 12.5. The van der Waals surface area contributed by atoms with E-state index in [2.05, 4.69) is 5.32 Å². The first-order valence-electron chi connectivity index (χ1n) is 9.48. The summed E-state index contributed by atoms with van der Waals surface area (Å²) in [6.07, 6.45) is 1.65. The molecular weight excluding hydrogens is 394 g/mol. The lowest BCUT2D eigenvalue weighted by atomic mass is 10.1. The minimum Gasteiger partial charge on any atom is -0.459 e. The molecule has 0 radical (unpaired) electrons. The molecule has 3 rings (SSSR count). The van der Waals surface area contributed by atoms with E-state index in [1.807, 2.05) is 31.2 Å². The third kappa shape index (κ3) is 5.68. The van der Waals surface area contributed by atoms with Gasteiger partial charge < -0.3 is 14.6 Å². The number of aryl methyl sites for hydroxylation is 1. The number of hydrogen-bond acceptors (Lipinski definition) is 5. The lowest BCUT2D eigenvalue weighted by Gasteiger charge is -2.33. The first kappa shape index (κ1) is 21.1. The Labute approximate surface area is 170 Å². The van der Waals surface area contributed by atoms with Gasteiger partial charge in [0.05, 0.1) is 18.4 Å². The predicted octanol–water partition coefficient (Wildman–Crippen LogP) is 1.03. The molecule has 8 nitrogen and oxygen atoms in total. The molecule has 0 aliphatic carbocycles. The first-order chi connectivity index (χ1) is 13.8. The average Bonchev–Trinajstić information content (AvgIpc) is 3.22. The quantitative estimate of drug-likeness (QED) is 0.723. The number of amides is 2. The highest BCUT2D eigenvalue weighted by molar-refractivity contribution is 7.89. The molecule has 1 N–H and O–H groups in total. The highest BCUT2D eigenvalue weighted by Gasteiger charge is 2.29. The summed E-state index contributed by atoms with van der Waals surface area (Å²) < 4.78 is 31.5. The number of carbonyl (C=O) groups is 2. The molecule has 2 aromatic rings. The summed E-state index contributed by atoms with van der Waals surface area (Å²) in [6, 6.07) is 10.9. The Kier molecular flexibility index (Phi) is 6.71. The normalized spacial score (nSPS) is 15.3. The zero-order valence-electron chi connectivity index (χ0n) is 16.3. The molecule has 29 heavy (non-hydrogen) atoms. The molecule has 9 heteroatoms. The van der Waals surface area contributed by atoms with Gasteiger partial charge in [0.2, 0.25) is 15.9 Å². The SMILES string of the molecule is Cc1cccc(CC(=O)NCCS(=O)(=O)N2CCN(C(=O)c3ccco3)CC2)c1. The molecule has 0 bridgehead atoms. The third-order valence-electron chi connectivity index (χ3n) is 4.78. The van der Waals surface area contributed by atoms with Crippen LogP contribution in [0, 0.1) is 6.92 Å². The van der Waals surface area contributed by atoms with Crippen LogP contribution in [0.1, 0.15) is 21.7 Å². The van der Waals surface area contributed by atoms with Gasteiger partial charge >= 0.3 is 0 Å². The van der Waals surface area contributed by atoms with Crippen molar-refractivity contribution in [2.24, 2.45) is 0 Å². The highest BCUT2D eigenvalue weighted by atomic mass is 32.2. The Morgan fingerprint density at radius 3 is 2.52 bits per heavy atom. The van der Waals surface area contributed by atoms with Crippen molar-refractivity contribution in [2.75, 3.05) is 38.5 Å². The molecule has 1 saturated heterocycles. The zero-order valence-corrected chi connectivity index (χ0v) is 17.2. The highest BCUT2D eigenvalue weighted by Crippen LogP contribution is 2.12. The van der Waals surface area contributed by atoms with Crippen molar-refractivity contribution in [3.8, 4) is 0 Å². The van der Waals surface area contributed by atoms with E-state index in [0.29, 0.717) is 13.1 Å². The molecule has 1 aromatic heterocycles. The standard InChI is InChI=1S/C20H25N3O5S/c1-16-4-2-5-17(14-16)15-19(24)21-7-13-29(26,27)23-10-8-22(9-11-23)20(25)18-6-3-12-28-18/h2-6,12,14H,7-11,13,15H2,1H3,(H,21,24). The minimum atomic E-state index is -3.50. The van der Waals surface area contributed by atoms with E-state index in [-0.39, 0.29) is 49.4 Å². The van der Waals surface area contributed by atoms with Gasteiger partial charge in [-0.2, -0.15) is 4.31 Å². The fourth-order valence-corrected chi connectivity index (χ4v) is 4.58. The van der Waals surface area contributed by atoms with Crippen LogP contribution < -0.4 is 5.32 Å². The largest absolute Gasteiger partial charge is 0.459 e. The van der Waals surface area contributed by atoms with Gasteiger partial charge in [-0.05, 0) is 24.6 Å². The van der Waals surface area contributed by atoms with Crippen molar-refractivity contribution < 1.29 is 22.4 Å². The van der Waals surface area contributed by atoms with Crippen molar-refractivity contribution in [3.63, 3.8) is 0 Å². The van der Waals surface area contributed by atoms with E-state index in [4.69, 9.17) is 4.42 Å². The molecule has 1 fully saturated rings. The van der Waals surface area contributed by atoms with Gasteiger partial charge in [-0.1, -0.05) is 29.8 Å². The molecule has 2 heterocycles. The second-order valence-electron chi connectivity index (χ2n) is 7.00. The van der Waals surface area contributed by atoms with E-state index in [1.54, 1.807) is 17.0 Å². The molecule has 2 amide bonds. The number of nitrogens with zero attached hydrogens (tertiary/aromatic N) is 2. The third-order valence-corrected chi connectivity index (χ3v) is 6.65. The van der Waals surface area contributed by atoms with Crippen molar-refractivity contribution in [1.29, 1.82) is 0 Å². The number of furan rings is 1. The molecule has 0 atom stereocenters. The molecule has 0 unspecified atom stereocenters. The van der Waals surface area contributed by atoms with Crippen molar-refractivity contribution in [3.05, 3.63) is 59.5 Å². The van der Waals surface area contributed by atoms with Crippen LogP contribution in [0.25, 0.3) is 0 Å². The number of nitrogens with one attached hydrogen (secondary N) is 1. The lowest BCUT2D eigenvalue weighted by molar-refractivity contribution is -0.120. The van der Waals surface area contributed by atoms with Crippen LogP contribution in [0.3, 0.4) is 0 Å². The van der Waals surface area contributed by atoms with Crippen LogP contribution in [0.15, 0.2) is 47.1 Å². The van der Waals surface area contributed by atoms with Gasteiger partial charge in [0, 0.05) is 32.7 Å². The van der Waals surface area contributed by atoms with Crippen LogP contribution in [-0.4, -0.2) is 67.9 Å². The van der Waals surface area contributed by atoms with Gasteiger partial charge in [-0.15, -0.1) is 0 Å². The Bertz CT molecular complexity index is 948. The number of sulfonamides is 1. The van der Waals surface area contributed by atoms with Crippen molar-refractivity contribution in [2.45, 2.75) is 13.3 Å². The Morgan fingerprint density at radius 2 is 1.86 bits per heavy atom. The summed E-state index contributed by atoms with van der Waals surface area (Å²) >= 11 is 0. The topological polar surface area (TPSA) is 99.9 Å². The van der Waals surface area contributed by atoms with Crippen LogP contribution in [-0.2, 0) is 21.2 Å². The van der Waals surface area contributed by atoms with E-state index in [1.165, 1.54) is 10.6 Å². The maximum Gasteiger partial charge on any atom is 0.289 e. The fourth-order valence-electron chi connectivity index (χ4n) is 3.24. The number of hydrogen-bond donors (Lipinski definition) is 1. The van der Waals surface area contributed by atoms with Crippen LogP contribution in [0.2, 0.25) is 0 Å². The van der Waals surface area contributed by atoms with Crippen LogP contribution >= 0.6 is 0 Å².